The molecule has 4 nitrogen and oxygen atoms in total. The molecule has 0 aliphatic carbocycles. The second kappa shape index (κ2) is 4.70. The van der Waals surface area contributed by atoms with Gasteiger partial charge in [0.05, 0.1) is 5.69 Å². The summed E-state index contributed by atoms with van der Waals surface area (Å²) in [5.41, 5.74) is 2.10. The lowest BCUT2D eigenvalue weighted by Gasteiger charge is -2.12. The Kier molecular flexibility index (Phi) is 3.30. The summed E-state index contributed by atoms with van der Waals surface area (Å²) in [7, 11) is 0. The fourth-order valence-corrected chi connectivity index (χ4v) is 2.31. The van der Waals surface area contributed by atoms with Gasteiger partial charge in [-0.15, -0.1) is 0 Å². The molecule has 0 amide bonds. The van der Waals surface area contributed by atoms with E-state index in [0.29, 0.717) is 0 Å². The average Bonchev–Trinajstić information content (AvgIpc) is 2.58. The Morgan fingerprint density at radius 2 is 2.33 bits per heavy atom. The molecular formula is C10H15N3OS. The van der Waals surface area contributed by atoms with E-state index in [-0.39, 0.29) is 0 Å². The Hall–Kier alpha value is -0.970. The number of aliphatic imine (C=N–C) groups is 1. The highest BCUT2D eigenvalue weighted by Crippen LogP contribution is 2.14. The van der Waals surface area contributed by atoms with Crippen LogP contribution in [0.3, 0.4) is 0 Å². The molecule has 2 heterocycles. The molecule has 0 radical (unpaired) electrons. The summed E-state index contributed by atoms with van der Waals surface area (Å²) in [6, 6.07) is 0. The highest BCUT2D eigenvalue weighted by molar-refractivity contribution is 8.13. The lowest BCUT2D eigenvalue weighted by molar-refractivity contribution is 0.392. The summed E-state index contributed by atoms with van der Waals surface area (Å²) in [6.07, 6.45) is 1.18. The van der Waals surface area contributed by atoms with E-state index in [0.717, 1.165) is 41.0 Å². The fraction of sp³-hybridized carbons (Fsp3) is 0.600. The number of nitrogens with zero attached hydrogens (tertiary/aromatic N) is 2. The highest BCUT2D eigenvalue weighted by atomic mass is 32.2. The molecule has 15 heavy (non-hydrogen) atoms. The van der Waals surface area contributed by atoms with Crippen LogP contribution in [0.2, 0.25) is 0 Å². The Bertz CT molecular complexity index is 353. The van der Waals surface area contributed by atoms with Crippen molar-refractivity contribution in [2.24, 2.45) is 4.99 Å². The van der Waals surface area contributed by atoms with Crippen LogP contribution in [0.1, 0.15) is 23.4 Å². The van der Waals surface area contributed by atoms with Gasteiger partial charge < -0.3 is 9.84 Å². The molecule has 0 spiro atoms. The molecule has 1 aliphatic rings. The predicted octanol–water partition coefficient (Wildman–Crippen LogP) is 1.87. The fourth-order valence-electron chi connectivity index (χ4n) is 1.48. The third-order valence-corrected chi connectivity index (χ3v) is 3.43. The summed E-state index contributed by atoms with van der Waals surface area (Å²) < 4.78 is 5.10. The van der Waals surface area contributed by atoms with Crippen molar-refractivity contribution in [3.63, 3.8) is 0 Å². The Balaban J connectivity index is 1.95. The molecular weight excluding hydrogens is 210 g/mol. The molecule has 0 saturated carbocycles. The van der Waals surface area contributed by atoms with Crippen LogP contribution in [0.25, 0.3) is 0 Å². The SMILES string of the molecule is Cc1noc(C)c1CNC1=NCCCS1. The first-order valence-electron chi connectivity index (χ1n) is 5.10. The number of hydrogen-bond acceptors (Lipinski definition) is 5. The van der Waals surface area contributed by atoms with Crippen LogP contribution in [0.4, 0.5) is 0 Å². The second-order valence-electron chi connectivity index (χ2n) is 3.55. The van der Waals surface area contributed by atoms with Crippen molar-refractivity contribution in [2.75, 3.05) is 12.3 Å². The summed E-state index contributed by atoms with van der Waals surface area (Å²) >= 11 is 1.78. The maximum absolute atomic E-state index is 5.10. The third kappa shape index (κ3) is 2.53. The molecule has 1 aromatic rings. The van der Waals surface area contributed by atoms with Gasteiger partial charge in [0.1, 0.15) is 5.76 Å². The highest BCUT2D eigenvalue weighted by Gasteiger charge is 2.10. The molecule has 0 bridgehead atoms. The summed E-state index contributed by atoms with van der Waals surface area (Å²) in [5, 5.41) is 8.28. The molecule has 0 fully saturated rings. The first-order chi connectivity index (χ1) is 7.27. The largest absolute Gasteiger partial charge is 0.361 e. The van der Waals surface area contributed by atoms with E-state index in [2.05, 4.69) is 15.5 Å². The number of aromatic nitrogens is 1. The second-order valence-corrected chi connectivity index (χ2v) is 4.63. The topological polar surface area (TPSA) is 50.4 Å². The van der Waals surface area contributed by atoms with Crippen molar-refractivity contribution in [1.29, 1.82) is 0 Å². The molecule has 82 valence electrons. The van der Waals surface area contributed by atoms with Crippen molar-refractivity contribution < 1.29 is 4.52 Å². The van der Waals surface area contributed by atoms with Gasteiger partial charge in [0.2, 0.25) is 0 Å². The maximum Gasteiger partial charge on any atom is 0.156 e. The van der Waals surface area contributed by atoms with E-state index in [1.807, 2.05) is 13.8 Å². The van der Waals surface area contributed by atoms with Crippen LogP contribution in [0, 0.1) is 13.8 Å². The first-order valence-corrected chi connectivity index (χ1v) is 6.09. The third-order valence-electron chi connectivity index (χ3n) is 2.39. The molecule has 1 aliphatic heterocycles. The quantitative estimate of drug-likeness (QED) is 0.835. The smallest absolute Gasteiger partial charge is 0.156 e. The van der Waals surface area contributed by atoms with Crippen LogP contribution in [-0.2, 0) is 6.54 Å². The zero-order valence-electron chi connectivity index (χ0n) is 9.04. The van der Waals surface area contributed by atoms with Gasteiger partial charge in [0.15, 0.2) is 5.17 Å². The maximum atomic E-state index is 5.10. The van der Waals surface area contributed by atoms with E-state index < -0.39 is 0 Å². The Morgan fingerprint density at radius 3 is 2.93 bits per heavy atom. The van der Waals surface area contributed by atoms with Gasteiger partial charge in [-0.25, -0.2) is 0 Å². The van der Waals surface area contributed by atoms with Crippen molar-refractivity contribution in [1.82, 2.24) is 10.5 Å². The van der Waals surface area contributed by atoms with Gasteiger partial charge in [-0.05, 0) is 20.3 Å². The van der Waals surface area contributed by atoms with E-state index in [1.165, 1.54) is 6.42 Å². The minimum Gasteiger partial charge on any atom is -0.361 e. The molecule has 0 aromatic carbocycles. The van der Waals surface area contributed by atoms with Crippen molar-refractivity contribution in [3.05, 3.63) is 17.0 Å². The lowest BCUT2D eigenvalue weighted by atomic mass is 10.2. The van der Waals surface area contributed by atoms with Crippen LogP contribution in [0.15, 0.2) is 9.52 Å². The standard InChI is InChI=1S/C10H15N3OS/c1-7-9(8(2)14-13-7)6-12-10-11-4-3-5-15-10/h3-6H2,1-2H3,(H,11,12). The molecule has 1 N–H and O–H groups in total. The van der Waals surface area contributed by atoms with Crippen LogP contribution in [-0.4, -0.2) is 22.6 Å². The van der Waals surface area contributed by atoms with Crippen molar-refractivity contribution in [3.8, 4) is 0 Å². The van der Waals surface area contributed by atoms with Gasteiger partial charge in [-0.3, -0.25) is 4.99 Å². The minimum absolute atomic E-state index is 0.757. The van der Waals surface area contributed by atoms with E-state index in [4.69, 9.17) is 4.52 Å². The molecule has 0 saturated heterocycles. The van der Waals surface area contributed by atoms with Gasteiger partial charge in [0, 0.05) is 24.4 Å². The Labute approximate surface area is 93.5 Å². The monoisotopic (exact) mass is 225 g/mol. The zero-order chi connectivity index (χ0) is 10.7. The number of nitrogens with one attached hydrogen (secondary N) is 1. The zero-order valence-corrected chi connectivity index (χ0v) is 9.86. The molecule has 1 aromatic heterocycles. The summed E-state index contributed by atoms with van der Waals surface area (Å²) in [5.74, 6) is 2.05. The Morgan fingerprint density at radius 1 is 1.47 bits per heavy atom. The molecule has 0 atom stereocenters. The van der Waals surface area contributed by atoms with Crippen LogP contribution in [0.5, 0.6) is 0 Å². The van der Waals surface area contributed by atoms with Gasteiger partial charge in [-0.1, -0.05) is 16.9 Å². The predicted molar refractivity (Wildman–Crippen MR) is 62.2 cm³/mol. The first kappa shape index (κ1) is 10.5. The summed E-state index contributed by atoms with van der Waals surface area (Å²) in [6.45, 7) is 5.60. The summed E-state index contributed by atoms with van der Waals surface area (Å²) in [4.78, 5) is 4.41. The van der Waals surface area contributed by atoms with Crippen LogP contribution >= 0.6 is 11.8 Å². The van der Waals surface area contributed by atoms with Gasteiger partial charge in [-0.2, -0.15) is 0 Å². The normalized spacial score (nSPS) is 16.3. The number of aryl methyl sites for hydroxylation is 2. The lowest BCUT2D eigenvalue weighted by Crippen LogP contribution is -2.23. The van der Waals surface area contributed by atoms with Crippen LogP contribution < -0.4 is 5.32 Å². The minimum atomic E-state index is 0.757. The number of rotatable bonds is 2. The van der Waals surface area contributed by atoms with E-state index in [9.17, 15) is 0 Å². The molecule has 0 unspecified atom stereocenters. The van der Waals surface area contributed by atoms with Crippen molar-refractivity contribution >= 4 is 16.9 Å². The number of thioether (sulfide) groups is 1. The van der Waals surface area contributed by atoms with E-state index in [1.54, 1.807) is 11.8 Å². The number of amidine groups is 1. The molecule has 5 heteroatoms. The van der Waals surface area contributed by atoms with E-state index >= 15 is 0 Å². The average molecular weight is 225 g/mol. The van der Waals surface area contributed by atoms with Crippen molar-refractivity contribution in [2.45, 2.75) is 26.8 Å². The number of hydrogen-bond donors (Lipinski definition) is 1. The van der Waals surface area contributed by atoms with Gasteiger partial charge in [0.25, 0.3) is 0 Å². The molecule has 2 rings (SSSR count). The van der Waals surface area contributed by atoms with Gasteiger partial charge >= 0.3 is 0 Å².